The van der Waals surface area contributed by atoms with Gasteiger partial charge in [0, 0.05) is 0 Å². The van der Waals surface area contributed by atoms with E-state index in [-0.39, 0.29) is 6.04 Å². The van der Waals surface area contributed by atoms with Gasteiger partial charge in [-0.3, -0.25) is 0 Å². The van der Waals surface area contributed by atoms with E-state index in [2.05, 4.69) is 9.12 Å². The van der Waals surface area contributed by atoms with Crippen molar-refractivity contribution in [1.82, 2.24) is 4.72 Å². The van der Waals surface area contributed by atoms with Gasteiger partial charge in [0.25, 0.3) is 0 Å². The molecule has 2 rings (SSSR count). The van der Waals surface area contributed by atoms with E-state index in [0.29, 0.717) is 5.84 Å². The maximum absolute atomic E-state index is 5.68. The molecule has 0 amide bonds. The molecule has 4 heteroatoms. The number of benzene rings is 1. The van der Waals surface area contributed by atoms with E-state index in [9.17, 15) is 0 Å². The quantitative estimate of drug-likeness (QED) is 0.638. The molecule has 3 N–H and O–H groups in total. The number of rotatable bonds is 1. The first-order chi connectivity index (χ1) is 5.88. The van der Waals surface area contributed by atoms with E-state index in [1.807, 2.05) is 30.3 Å². The summed E-state index contributed by atoms with van der Waals surface area (Å²) in [5.74, 6) is 0.645. The topological polar surface area (TPSA) is 50.4 Å². The molecule has 0 aromatic heterocycles. The zero-order valence-corrected chi connectivity index (χ0v) is 7.21. The van der Waals surface area contributed by atoms with Gasteiger partial charge in [0.1, 0.15) is 11.9 Å². The third-order valence-electron chi connectivity index (χ3n) is 1.75. The molecule has 0 aliphatic carbocycles. The van der Waals surface area contributed by atoms with E-state index in [1.165, 1.54) is 12.1 Å². The van der Waals surface area contributed by atoms with Crippen LogP contribution in [0.15, 0.2) is 34.7 Å². The smallest absolute Gasteiger partial charge is 0.132 e. The molecule has 1 aromatic rings. The Kier molecular flexibility index (Phi) is 2.01. The van der Waals surface area contributed by atoms with E-state index in [0.717, 1.165) is 5.56 Å². The van der Waals surface area contributed by atoms with Crippen LogP contribution < -0.4 is 10.5 Å². The van der Waals surface area contributed by atoms with Gasteiger partial charge >= 0.3 is 0 Å². The minimum atomic E-state index is 0.0798. The Balaban J connectivity index is 2.27. The summed E-state index contributed by atoms with van der Waals surface area (Å²) < 4.78 is 7.10. The first-order valence-electron chi connectivity index (χ1n) is 3.68. The molecule has 1 aromatic carbocycles. The summed E-state index contributed by atoms with van der Waals surface area (Å²) in [6.07, 6.45) is 0. The Hall–Kier alpha value is -1.00. The molecule has 1 heterocycles. The van der Waals surface area contributed by atoms with Gasteiger partial charge in [0.15, 0.2) is 0 Å². The average Bonchev–Trinajstić information content (AvgIpc) is 2.53. The fraction of sp³-hybridized carbons (Fsp3) is 0.125. The van der Waals surface area contributed by atoms with Gasteiger partial charge in [-0.15, -0.1) is 0 Å². The normalized spacial score (nSPS) is 22.3. The van der Waals surface area contributed by atoms with Gasteiger partial charge in [0.05, 0.1) is 12.1 Å². The highest BCUT2D eigenvalue weighted by Gasteiger charge is 2.19. The van der Waals surface area contributed by atoms with Crippen LogP contribution >= 0.6 is 12.1 Å². The van der Waals surface area contributed by atoms with E-state index >= 15 is 0 Å². The molecular weight excluding hydrogens is 170 g/mol. The molecule has 0 saturated heterocycles. The summed E-state index contributed by atoms with van der Waals surface area (Å²) in [5.41, 5.74) is 6.83. The minimum absolute atomic E-state index is 0.0798. The van der Waals surface area contributed by atoms with E-state index < -0.39 is 0 Å². The Morgan fingerprint density at radius 2 is 2.08 bits per heavy atom. The second kappa shape index (κ2) is 3.16. The summed E-state index contributed by atoms with van der Waals surface area (Å²) in [4.78, 5) is 0. The molecule has 0 fully saturated rings. The van der Waals surface area contributed by atoms with Crippen molar-refractivity contribution in [3.8, 4) is 0 Å². The fourth-order valence-corrected chi connectivity index (χ4v) is 1.75. The predicted molar refractivity (Wildman–Crippen MR) is 51.5 cm³/mol. The van der Waals surface area contributed by atoms with Crippen LogP contribution in [-0.4, -0.2) is 5.84 Å². The molecule has 1 aliphatic heterocycles. The van der Waals surface area contributed by atoms with Gasteiger partial charge in [-0.25, -0.2) is 4.72 Å². The Morgan fingerprint density at radius 1 is 1.33 bits per heavy atom. The van der Waals surface area contributed by atoms with Crippen molar-refractivity contribution in [3.63, 3.8) is 0 Å². The molecule has 0 radical (unpaired) electrons. The van der Waals surface area contributed by atoms with Gasteiger partial charge in [-0.05, 0) is 5.56 Å². The van der Waals surface area contributed by atoms with Gasteiger partial charge in [-0.1, -0.05) is 30.3 Å². The van der Waals surface area contributed by atoms with Crippen LogP contribution in [0.1, 0.15) is 11.6 Å². The highest BCUT2D eigenvalue weighted by molar-refractivity contribution is 7.96. The molecule has 0 bridgehead atoms. The van der Waals surface area contributed by atoms with Crippen LogP contribution in [0.5, 0.6) is 0 Å². The molecule has 1 aliphatic rings. The summed E-state index contributed by atoms with van der Waals surface area (Å²) in [7, 11) is 0. The number of nitrogens with one attached hydrogen (secondary N) is 1. The summed E-state index contributed by atoms with van der Waals surface area (Å²) in [6, 6.07) is 10.1. The lowest BCUT2D eigenvalue weighted by atomic mass is 10.1. The lowest BCUT2D eigenvalue weighted by molar-refractivity contribution is 0.894. The van der Waals surface area contributed by atoms with Gasteiger partial charge in [0.2, 0.25) is 0 Å². The van der Waals surface area contributed by atoms with Crippen molar-refractivity contribution in [2.24, 2.45) is 10.1 Å². The number of hydrogen-bond donors (Lipinski definition) is 2. The summed E-state index contributed by atoms with van der Waals surface area (Å²) >= 11 is 1.30. The fourth-order valence-electron chi connectivity index (χ4n) is 1.13. The van der Waals surface area contributed by atoms with E-state index in [1.54, 1.807) is 0 Å². The van der Waals surface area contributed by atoms with Crippen molar-refractivity contribution in [2.75, 3.05) is 0 Å². The zero-order valence-electron chi connectivity index (χ0n) is 6.40. The SMILES string of the molecule is NC1=NSNC1c1ccccc1. The largest absolute Gasteiger partial charge is 0.385 e. The van der Waals surface area contributed by atoms with E-state index in [4.69, 9.17) is 5.73 Å². The maximum Gasteiger partial charge on any atom is 0.132 e. The molecule has 12 heavy (non-hydrogen) atoms. The minimum Gasteiger partial charge on any atom is -0.385 e. The standard InChI is InChI=1S/C8H9N3S/c9-8-7(10-12-11-8)6-4-2-1-3-5-6/h1-5,7,10H,(H2,9,11). The maximum atomic E-state index is 5.68. The third kappa shape index (κ3) is 1.31. The van der Waals surface area contributed by atoms with Crippen molar-refractivity contribution in [2.45, 2.75) is 6.04 Å². The predicted octanol–water partition coefficient (Wildman–Crippen LogP) is 1.25. The van der Waals surface area contributed by atoms with Crippen molar-refractivity contribution in [3.05, 3.63) is 35.9 Å². The summed E-state index contributed by atoms with van der Waals surface area (Å²) in [5, 5.41) is 0. The van der Waals surface area contributed by atoms with Crippen molar-refractivity contribution < 1.29 is 0 Å². The number of nitrogens with two attached hydrogens (primary N) is 1. The average molecular weight is 179 g/mol. The Bertz CT molecular complexity index is 296. The second-order valence-electron chi connectivity index (χ2n) is 2.57. The lowest BCUT2D eigenvalue weighted by Gasteiger charge is -2.08. The van der Waals surface area contributed by atoms with Crippen molar-refractivity contribution in [1.29, 1.82) is 0 Å². The third-order valence-corrected chi connectivity index (χ3v) is 2.39. The van der Waals surface area contributed by atoms with Crippen LogP contribution in [0.25, 0.3) is 0 Å². The Morgan fingerprint density at radius 3 is 2.67 bits per heavy atom. The molecule has 3 nitrogen and oxygen atoms in total. The van der Waals surface area contributed by atoms with Crippen LogP contribution in [-0.2, 0) is 0 Å². The second-order valence-corrected chi connectivity index (χ2v) is 3.17. The van der Waals surface area contributed by atoms with Gasteiger partial charge < -0.3 is 5.73 Å². The number of amidine groups is 1. The molecule has 0 saturated carbocycles. The monoisotopic (exact) mass is 179 g/mol. The molecule has 1 atom stereocenters. The molecule has 62 valence electrons. The van der Waals surface area contributed by atoms with Crippen LogP contribution in [0.4, 0.5) is 0 Å². The Labute approximate surface area is 75.3 Å². The van der Waals surface area contributed by atoms with Gasteiger partial charge in [-0.2, -0.15) is 4.40 Å². The summed E-state index contributed by atoms with van der Waals surface area (Å²) in [6.45, 7) is 0. The molecule has 0 spiro atoms. The van der Waals surface area contributed by atoms with Crippen LogP contribution in [0.3, 0.4) is 0 Å². The van der Waals surface area contributed by atoms with Crippen LogP contribution in [0, 0.1) is 0 Å². The number of hydrogen-bond acceptors (Lipinski definition) is 4. The highest BCUT2D eigenvalue weighted by atomic mass is 32.2. The first-order valence-corrected chi connectivity index (χ1v) is 4.45. The lowest BCUT2D eigenvalue weighted by Crippen LogP contribution is -2.24. The zero-order chi connectivity index (χ0) is 8.39. The van der Waals surface area contributed by atoms with Crippen molar-refractivity contribution >= 4 is 18.0 Å². The highest BCUT2D eigenvalue weighted by Crippen LogP contribution is 2.22. The first kappa shape index (κ1) is 7.64. The number of nitrogens with zero attached hydrogens (tertiary/aromatic N) is 1. The molecular formula is C8H9N3S. The molecule has 1 unspecified atom stereocenters. The van der Waals surface area contributed by atoms with Crippen LogP contribution in [0.2, 0.25) is 0 Å².